The molecular weight excluding hydrogens is 1370 g/mol. The fourth-order valence-corrected chi connectivity index (χ4v) is 18.0. The van der Waals surface area contributed by atoms with Gasteiger partial charge < -0.3 is 23.1 Å². The van der Waals surface area contributed by atoms with Crippen molar-refractivity contribution in [1.29, 1.82) is 0 Å². The van der Waals surface area contributed by atoms with Crippen molar-refractivity contribution in [2.24, 2.45) is 0 Å². The predicted octanol–water partition coefficient (Wildman–Crippen LogP) is 30.6. The number of fused-ring (bicyclic) bond motifs is 16. The number of rotatable bonds is 12. The van der Waals surface area contributed by atoms with Crippen LogP contribution in [0.3, 0.4) is 0 Å². The molecule has 0 saturated heterocycles. The van der Waals surface area contributed by atoms with Gasteiger partial charge in [0.15, 0.2) is 0 Å². The minimum absolute atomic E-state index is 0.0793. The minimum atomic E-state index is -0.0994. The second-order valence-corrected chi connectivity index (χ2v) is 31.0. The van der Waals surface area contributed by atoms with E-state index in [0.29, 0.717) is 0 Å². The third-order valence-electron chi connectivity index (χ3n) is 23.8. The molecule has 2 aliphatic rings. The van der Waals surface area contributed by atoms with E-state index in [4.69, 9.17) is 13.3 Å². The highest BCUT2D eigenvalue weighted by atomic mass is 16.3. The molecule has 3 heterocycles. The van der Waals surface area contributed by atoms with Crippen molar-refractivity contribution in [1.82, 2.24) is 0 Å². The van der Waals surface area contributed by atoms with E-state index in [1.165, 1.54) is 77.9 Å². The lowest BCUT2D eigenvalue weighted by Crippen LogP contribution is -2.16. The van der Waals surface area contributed by atoms with Crippen LogP contribution in [0.5, 0.6) is 0 Å². The molecule has 2 aliphatic carbocycles. The number of hydrogen-bond acceptors (Lipinski definition) is 5. The Labute approximate surface area is 656 Å². The number of nitrogens with zero attached hydrogens (tertiary/aromatic N) is 2. The number of para-hydroxylation sites is 5. The number of furan rings is 3. The largest absolute Gasteiger partial charge is 0.455 e. The smallest absolute Gasteiger partial charge is 0.143 e. The van der Waals surface area contributed by atoms with Gasteiger partial charge in [0.2, 0.25) is 0 Å². The summed E-state index contributed by atoms with van der Waals surface area (Å²) in [6.07, 6.45) is 0. The predicted molar refractivity (Wildman–Crippen MR) is 472 cm³/mol. The summed E-state index contributed by atoms with van der Waals surface area (Å²) in [5.41, 5.74) is 36.2. The Bertz CT molecular complexity index is 6890. The first-order valence-corrected chi connectivity index (χ1v) is 39.0. The van der Waals surface area contributed by atoms with Crippen molar-refractivity contribution in [3.63, 3.8) is 0 Å². The SMILES string of the molecule is CC1(C)c2ccccc2-c2ccc(N(c3ccc(-c4ccccc4)cc3)c3ccc(-c4cccc5c4oc4c6c(ccc45)C(C)(C)c4ccccc4-6)cc3)cc21.c1ccc(-c2ccc(-c3ccc(N(c4ccc(-c5cccc6c5oc5ccccc56)cc4)c4ccc(-c5cccc6c5oc5ccccc56)cc4)cc3)cc2)cc1. The van der Waals surface area contributed by atoms with Crippen LogP contribution in [-0.2, 0) is 10.8 Å². The minimum Gasteiger partial charge on any atom is -0.455 e. The van der Waals surface area contributed by atoms with Gasteiger partial charge in [-0.05, 0) is 174 Å². The fraction of sp³-hybridized carbons (Fsp3) is 0.0556. The third kappa shape index (κ3) is 11.3. The molecular formula is C108H76N2O3. The van der Waals surface area contributed by atoms with Gasteiger partial charge in [0, 0.05) is 99.5 Å². The molecule has 0 amide bonds. The molecule has 3 aromatic heterocycles. The molecule has 0 fully saturated rings. The van der Waals surface area contributed by atoms with Crippen molar-refractivity contribution in [3.8, 4) is 89.0 Å². The summed E-state index contributed by atoms with van der Waals surface area (Å²) in [6.45, 7) is 9.34. The molecule has 113 heavy (non-hydrogen) atoms. The normalized spacial score (nSPS) is 12.9. The maximum atomic E-state index is 6.97. The summed E-state index contributed by atoms with van der Waals surface area (Å²) < 4.78 is 19.8. The van der Waals surface area contributed by atoms with Gasteiger partial charge in [0.05, 0.1) is 0 Å². The van der Waals surface area contributed by atoms with E-state index in [1.807, 2.05) is 24.3 Å². The second kappa shape index (κ2) is 26.8. The molecule has 0 bridgehead atoms. The number of anilines is 6. The Morgan fingerprint density at radius 1 is 0.186 bits per heavy atom. The van der Waals surface area contributed by atoms with Gasteiger partial charge in [-0.25, -0.2) is 0 Å². The monoisotopic (exact) mass is 1450 g/mol. The van der Waals surface area contributed by atoms with Crippen molar-refractivity contribution in [2.75, 3.05) is 9.80 Å². The second-order valence-electron chi connectivity index (χ2n) is 31.0. The lowest BCUT2D eigenvalue weighted by Gasteiger charge is -2.28. The Balaban J connectivity index is 0.000000142. The Morgan fingerprint density at radius 2 is 0.487 bits per heavy atom. The maximum Gasteiger partial charge on any atom is 0.143 e. The van der Waals surface area contributed by atoms with Crippen LogP contribution < -0.4 is 9.80 Å². The highest BCUT2D eigenvalue weighted by molar-refractivity contribution is 6.15. The highest BCUT2D eigenvalue weighted by Crippen LogP contribution is 2.55. The molecule has 20 aromatic rings. The van der Waals surface area contributed by atoms with Crippen molar-refractivity contribution in [2.45, 2.75) is 38.5 Å². The average Bonchev–Trinajstić information content (AvgIpc) is 1.55. The lowest BCUT2D eigenvalue weighted by atomic mass is 9.82. The quantitative estimate of drug-likeness (QED) is 0.122. The van der Waals surface area contributed by atoms with Crippen molar-refractivity contribution >= 4 is 99.9 Å². The Morgan fingerprint density at radius 3 is 0.947 bits per heavy atom. The van der Waals surface area contributed by atoms with Crippen LogP contribution in [-0.4, -0.2) is 0 Å². The zero-order chi connectivity index (χ0) is 75.5. The zero-order valence-electron chi connectivity index (χ0n) is 63.1. The molecule has 22 rings (SSSR count). The molecule has 5 nitrogen and oxygen atoms in total. The topological polar surface area (TPSA) is 45.9 Å². The summed E-state index contributed by atoms with van der Waals surface area (Å²) in [4.78, 5) is 4.71. The van der Waals surface area contributed by atoms with Crippen LogP contribution in [0.2, 0.25) is 0 Å². The Kier molecular flexibility index (Phi) is 15.9. The van der Waals surface area contributed by atoms with Gasteiger partial charge >= 0.3 is 0 Å². The van der Waals surface area contributed by atoms with E-state index in [2.05, 4.69) is 401 Å². The van der Waals surface area contributed by atoms with Crippen molar-refractivity contribution in [3.05, 3.63) is 411 Å². The van der Waals surface area contributed by atoms with Crippen LogP contribution in [0.25, 0.3) is 155 Å². The number of benzene rings is 17. The molecule has 0 saturated carbocycles. The average molecular weight is 1450 g/mol. The molecule has 0 atom stereocenters. The first kappa shape index (κ1) is 66.9. The molecule has 5 heteroatoms. The summed E-state index contributed by atoms with van der Waals surface area (Å²) in [5.74, 6) is 0. The van der Waals surface area contributed by atoms with Crippen LogP contribution >= 0.6 is 0 Å². The summed E-state index contributed by atoms with van der Waals surface area (Å²) in [7, 11) is 0. The van der Waals surface area contributed by atoms with E-state index < -0.39 is 0 Å². The van der Waals surface area contributed by atoms with Gasteiger partial charge in [0.1, 0.15) is 33.5 Å². The lowest BCUT2D eigenvalue weighted by molar-refractivity contribution is 0.653. The third-order valence-corrected chi connectivity index (χ3v) is 23.8. The summed E-state index contributed by atoms with van der Waals surface area (Å²) in [6, 6.07) is 139. The maximum absolute atomic E-state index is 6.97. The van der Waals surface area contributed by atoms with Crippen LogP contribution in [0, 0.1) is 0 Å². The van der Waals surface area contributed by atoms with Crippen LogP contribution in [0.1, 0.15) is 49.9 Å². The van der Waals surface area contributed by atoms with Crippen LogP contribution in [0.15, 0.2) is 401 Å². The van der Waals surface area contributed by atoms with E-state index in [9.17, 15) is 0 Å². The van der Waals surface area contributed by atoms with E-state index in [1.54, 1.807) is 0 Å². The van der Waals surface area contributed by atoms with E-state index in [0.717, 1.165) is 133 Å². The van der Waals surface area contributed by atoms with Gasteiger partial charge in [-0.15, -0.1) is 0 Å². The molecule has 0 unspecified atom stereocenters. The fourth-order valence-electron chi connectivity index (χ4n) is 18.0. The van der Waals surface area contributed by atoms with Gasteiger partial charge in [0.25, 0.3) is 0 Å². The Hall–Kier alpha value is -14.3. The molecule has 0 radical (unpaired) electrons. The molecule has 17 aromatic carbocycles. The van der Waals surface area contributed by atoms with Gasteiger partial charge in [-0.3, -0.25) is 0 Å². The first-order chi connectivity index (χ1) is 55.5. The summed E-state index contributed by atoms with van der Waals surface area (Å²) >= 11 is 0. The number of hydrogen-bond donors (Lipinski definition) is 0. The molecule has 0 spiro atoms. The first-order valence-electron chi connectivity index (χ1n) is 39.0. The van der Waals surface area contributed by atoms with Gasteiger partial charge in [-0.1, -0.05) is 331 Å². The van der Waals surface area contributed by atoms with Crippen LogP contribution in [0.4, 0.5) is 34.1 Å². The standard InChI is InChI=1S/C54H35NO2.C54H41NO/c1-2-10-36(11-3-1)37-20-22-38(23-21-37)39-24-30-42(31-25-39)55(43-32-26-40(27-33-43)45-14-8-16-49-47-12-4-6-18-51(47)56-53(45)49)44-34-28-41(29-35-44)46-15-9-17-50-48-13-5-7-19-52(48)57-54(46)50;1-53(2)47-20-11-9-16-45(47)50-48(53)32-31-44-43-18-12-17-40(51(43)56-52(44)50)36-23-27-38(28-24-36)55(37-25-21-35(22-26-37)34-13-6-5-7-14-34)39-29-30-42-41-15-8-10-19-46(41)54(3,4)49(42)33-39/h1-35H;5-33H,1-4H3. The summed E-state index contributed by atoms with van der Waals surface area (Å²) in [5, 5.41) is 6.83. The van der Waals surface area contributed by atoms with Gasteiger partial charge in [-0.2, -0.15) is 0 Å². The van der Waals surface area contributed by atoms with E-state index in [-0.39, 0.29) is 10.8 Å². The molecule has 536 valence electrons. The van der Waals surface area contributed by atoms with Crippen molar-refractivity contribution < 1.29 is 13.3 Å². The zero-order valence-corrected chi connectivity index (χ0v) is 63.1. The molecule has 0 N–H and O–H groups in total. The van der Waals surface area contributed by atoms with E-state index >= 15 is 0 Å². The molecule has 0 aliphatic heterocycles. The highest BCUT2D eigenvalue weighted by Gasteiger charge is 2.39.